The third kappa shape index (κ3) is 7.45. The third-order valence-corrected chi connectivity index (χ3v) is 4.83. The van der Waals surface area contributed by atoms with Gasteiger partial charge < -0.3 is 14.8 Å². The molecule has 0 heterocycles. The van der Waals surface area contributed by atoms with E-state index in [1.165, 1.54) is 11.1 Å². The zero-order chi connectivity index (χ0) is 19.6. The van der Waals surface area contributed by atoms with Crippen LogP contribution in [0.1, 0.15) is 30.0 Å². The van der Waals surface area contributed by atoms with Crippen LogP contribution in [0.15, 0.2) is 78.9 Å². The maximum Gasteiger partial charge on any atom is 0.161 e. The molecule has 154 valence electrons. The minimum Gasteiger partial charge on any atom is -0.493 e. The van der Waals surface area contributed by atoms with Crippen molar-refractivity contribution in [3.05, 3.63) is 95.6 Å². The summed E-state index contributed by atoms with van der Waals surface area (Å²) in [5.41, 5.74) is 3.72. The van der Waals surface area contributed by atoms with Gasteiger partial charge in [0.05, 0.1) is 7.11 Å². The first-order chi connectivity index (χ1) is 13.7. The quantitative estimate of drug-likeness (QED) is 0.456. The van der Waals surface area contributed by atoms with Crippen molar-refractivity contribution < 1.29 is 9.47 Å². The zero-order valence-electron chi connectivity index (χ0n) is 17.1. The molecule has 0 spiro atoms. The molecule has 0 aromatic heterocycles. The number of halogens is 1. The van der Waals surface area contributed by atoms with Crippen LogP contribution >= 0.6 is 12.4 Å². The Balaban J connectivity index is 0.00000300. The largest absolute Gasteiger partial charge is 0.493 e. The smallest absolute Gasteiger partial charge is 0.161 e. The number of ether oxygens (including phenoxy) is 2. The standard InChI is InChI=1S/C25H29NO2.ClH/c1-20(13-14-21-9-5-3-6-10-21)26-18-23-15-16-24(25(17-23)27-2)28-19-22-11-7-4-8-12-22;/h3-12,15-17,20,26H,13-14,18-19H2,1-2H3;1H. The normalized spacial score (nSPS) is 11.4. The van der Waals surface area contributed by atoms with Gasteiger partial charge in [0, 0.05) is 12.6 Å². The van der Waals surface area contributed by atoms with Gasteiger partial charge in [0.25, 0.3) is 0 Å². The van der Waals surface area contributed by atoms with Crippen molar-refractivity contribution in [2.45, 2.75) is 39.0 Å². The summed E-state index contributed by atoms with van der Waals surface area (Å²) in [5.74, 6) is 1.54. The Hall–Kier alpha value is -2.49. The third-order valence-electron chi connectivity index (χ3n) is 4.83. The first kappa shape index (κ1) is 22.8. The van der Waals surface area contributed by atoms with Crippen molar-refractivity contribution in [2.24, 2.45) is 0 Å². The Morgan fingerprint density at radius 3 is 2.10 bits per heavy atom. The van der Waals surface area contributed by atoms with Crippen LogP contribution in [0.5, 0.6) is 11.5 Å². The van der Waals surface area contributed by atoms with Gasteiger partial charge >= 0.3 is 0 Å². The van der Waals surface area contributed by atoms with Gasteiger partial charge in [-0.25, -0.2) is 0 Å². The molecule has 3 aromatic rings. The van der Waals surface area contributed by atoms with Crippen LogP contribution in [-0.2, 0) is 19.6 Å². The Morgan fingerprint density at radius 2 is 1.45 bits per heavy atom. The number of aryl methyl sites for hydroxylation is 1. The highest BCUT2D eigenvalue weighted by molar-refractivity contribution is 5.85. The minimum absolute atomic E-state index is 0. The molecule has 0 fully saturated rings. The second-order valence-corrected chi connectivity index (χ2v) is 7.07. The highest BCUT2D eigenvalue weighted by Crippen LogP contribution is 2.29. The van der Waals surface area contributed by atoms with Crippen molar-refractivity contribution >= 4 is 12.4 Å². The summed E-state index contributed by atoms with van der Waals surface area (Å²) < 4.78 is 11.5. The predicted molar refractivity (Wildman–Crippen MR) is 122 cm³/mol. The summed E-state index contributed by atoms with van der Waals surface area (Å²) in [6.07, 6.45) is 2.20. The van der Waals surface area contributed by atoms with Gasteiger partial charge in [0.2, 0.25) is 0 Å². The number of rotatable bonds is 10. The number of benzene rings is 3. The Labute approximate surface area is 180 Å². The molecule has 0 saturated heterocycles. The molecule has 0 saturated carbocycles. The van der Waals surface area contributed by atoms with Crippen LogP contribution in [0.2, 0.25) is 0 Å². The highest BCUT2D eigenvalue weighted by atomic mass is 35.5. The van der Waals surface area contributed by atoms with Crippen molar-refractivity contribution in [2.75, 3.05) is 7.11 Å². The van der Waals surface area contributed by atoms with Crippen LogP contribution in [0.3, 0.4) is 0 Å². The van der Waals surface area contributed by atoms with Gasteiger partial charge in [0.15, 0.2) is 11.5 Å². The Bertz CT molecular complexity index is 840. The lowest BCUT2D eigenvalue weighted by atomic mass is 10.1. The fraction of sp³-hybridized carbons (Fsp3) is 0.280. The summed E-state index contributed by atoms with van der Waals surface area (Å²) in [6, 6.07) is 27.4. The molecule has 3 nitrogen and oxygen atoms in total. The molecule has 1 N–H and O–H groups in total. The molecule has 0 bridgehead atoms. The maximum atomic E-state index is 5.94. The lowest BCUT2D eigenvalue weighted by Gasteiger charge is -2.16. The minimum atomic E-state index is 0. The Kier molecular flexibility index (Phi) is 9.55. The van der Waals surface area contributed by atoms with Gasteiger partial charge in [-0.15, -0.1) is 12.4 Å². The summed E-state index contributed by atoms with van der Waals surface area (Å²) in [6.45, 7) is 3.58. The first-order valence-electron chi connectivity index (χ1n) is 9.85. The monoisotopic (exact) mass is 411 g/mol. The van der Waals surface area contributed by atoms with Crippen LogP contribution < -0.4 is 14.8 Å². The average Bonchev–Trinajstić information content (AvgIpc) is 2.76. The van der Waals surface area contributed by atoms with E-state index in [0.29, 0.717) is 12.6 Å². The highest BCUT2D eigenvalue weighted by Gasteiger charge is 2.08. The zero-order valence-corrected chi connectivity index (χ0v) is 18.0. The first-order valence-corrected chi connectivity index (χ1v) is 9.85. The fourth-order valence-electron chi connectivity index (χ4n) is 3.10. The topological polar surface area (TPSA) is 30.5 Å². The number of hydrogen-bond donors (Lipinski definition) is 1. The van der Waals surface area contributed by atoms with Crippen LogP contribution in [0.25, 0.3) is 0 Å². The van der Waals surface area contributed by atoms with Gasteiger partial charge in [-0.05, 0) is 48.6 Å². The molecule has 3 rings (SSSR count). The summed E-state index contributed by atoms with van der Waals surface area (Å²) >= 11 is 0. The SMILES string of the molecule is COc1cc(CNC(C)CCc2ccccc2)ccc1OCc1ccccc1.Cl. The molecule has 0 amide bonds. The van der Waals surface area contributed by atoms with E-state index in [2.05, 4.69) is 66.8 Å². The van der Waals surface area contributed by atoms with Crippen molar-refractivity contribution in [1.82, 2.24) is 5.32 Å². The van der Waals surface area contributed by atoms with Gasteiger partial charge in [-0.1, -0.05) is 66.7 Å². The van der Waals surface area contributed by atoms with Crippen molar-refractivity contribution in [3.8, 4) is 11.5 Å². The summed E-state index contributed by atoms with van der Waals surface area (Å²) in [7, 11) is 1.68. The molecular formula is C25H30ClNO2. The molecule has 0 radical (unpaired) electrons. The predicted octanol–water partition coefficient (Wildman–Crippen LogP) is 5.81. The molecule has 1 atom stereocenters. The van der Waals surface area contributed by atoms with Gasteiger partial charge in [-0.3, -0.25) is 0 Å². The van der Waals surface area contributed by atoms with E-state index in [1.807, 2.05) is 24.3 Å². The summed E-state index contributed by atoms with van der Waals surface area (Å²) in [4.78, 5) is 0. The van der Waals surface area contributed by atoms with E-state index < -0.39 is 0 Å². The molecule has 0 aliphatic carbocycles. The van der Waals surface area contributed by atoms with E-state index in [1.54, 1.807) is 7.11 Å². The average molecular weight is 412 g/mol. The molecule has 29 heavy (non-hydrogen) atoms. The lowest BCUT2D eigenvalue weighted by Crippen LogP contribution is -2.26. The number of methoxy groups -OCH3 is 1. The lowest BCUT2D eigenvalue weighted by molar-refractivity contribution is 0.284. The molecule has 3 aromatic carbocycles. The summed E-state index contributed by atoms with van der Waals surface area (Å²) in [5, 5.41) is 3.60. The second-order valence-electron chi connectivity index (χ2n) is 7.07. The van der Waals surface area contributed by atoms with Gasteiger partial charge in [0.1, 0.15) is 6.61 Å². The maximum absolute atomic E-state index is 5.94. The fourth-order valence-corrected chi connectivity index (χ4v) is 3.10. The second kappa shape index (κ2) is 12.2. The van der Waals surface area contributed by atoms with Crippen LogP contribution in [0, 0.1) is 0 Å². The van der Waals surface area contributed by atoms with Crippen molar-refractivity contribution in [3.63, 3.8) is 0 Å². The number of hydrogen-bond acceptors (Lipinski definition) is 3. The van der Waals surface area contributed by atoms with Gasteiger partial charge in [-0.2, -0.15) is 0 Å². The molecular weight excluding hydrogens is 382 g/mol. The molecule has 0 aliphatic heterocycles. The van der Waals surface area contributed by atoms with Crippen LogP contribution in [0.4, 0.5) is 0 Å². The van der Waals surface area contributed by atoms with E-state index in [0.717, 1.165) is 36.4 Å². The van der Waals surface area contributed by atoms with Crippen molar-refractivity contribution in [1.29, 1.82) is 0 Å². The van der Waals surface area contributed by atoms with E-state index >= 15 is 0 Å². The van der Waals surface area contributed by atoms with E-state index in [9.17, 15) is 0 Å². The van der Waals surface area contributed by atoms with Crippen LogP contribution in [-0.4, -0.2) is 13.2 Å². The number of nitrogens with one attached hydrogen (secondary N) is 1. The molecule has 0 aliphatic rings. The molecule has 4 heteroatoms. The Morgan fingerprint density at radius 1 is 0.793 bits per heavy atom. The van der Waals surface area contributed by atoms with E-state index in [-0.39, 0.29) is 12.4 Å². The van der Waals surface area contributed by atoms with E-state index in [4.69, 9.17) is 9.47 Å². The molecule has 1 unspecified atom stereocenters.